The van der Waals surface area contributed by atoms with Crippen LogP contribution in [0.5, 0.6) is 0 Å². The molecule has 0 fully saturated rings. The normalized spacial score (nSPS) is 11.8. The minimum atomic E-state index is -0.361. The summed E-state index contributed by atoms with van der Waals surface area (Å²) in [6.45, 7) is 1.44. The van der Waals surface area contributed by atoms with Gasteiger partial charge < -0.3 is 15.2 Å². The molecule has 7 heteroatoms. The van der Waals surface area contributed by atoms with E-state index in [2.05, 4.69) is 15.6 Å². The number of nitrogens with one attached hydrogen (secondary N) is 2. The zero-order chi connectivity index (χ0) is 17.8. The molecule has 2 aromatic heterocycles. The lowest BCUT2D eigenvalue weighted by molar-refractivity contribution is -0.114. The fourth-order valence-corrected chi connectivity index (χ4v) is 3.36. The molecule has 3 rings (SSSR count). The highest BCUT2D eigenvalue weighted by molar-refractivity contribution is 7.18. The number of imidazole rings is 1. The van der Waals surface area contributed by atoms with Crippen LogP contribution in [0.15, 0.2) is 54.9 Å². The maximum Gasteiger partial charge on any atom is 0.262 e. The number of carbonyl (C=O) groups is 2. The van der Waals surface area contributed by atoms with Gasteiger partial charge in [-0.15, -0.1) is 11.3 Å². The van der Waals surface area contributed by atoms with E-state index in [1.165, 1.54) is 18.3 Å². The molecule has 25 heavy (non-hydrogen) atoms. The third-order valence-corrected chi connectivity index (χ3v) is 4.65. The van der Waals surface area contributed by atoms with E-state index in [0.717, 1.165) is 11.4 Å². The number of amides is 2. The summed E-state index contributed by atoms with van der Waals surface area (Å²) in [6.07, 6.45) is 3.55. The summed E-state index contributed by atoms with van der Waals surface area (Å²) in [4.78, 5) is 28.7. The molecule has 2 amide bonds. The van der Waals surface area contributed by atoms with Crippen molar-refractivity contribution in [2.45, 2.75) is 13.0 Å². The van der Waals surface area contributed by atoms with Crippen LogP contribution in [0.1, 0.15) is 34.0 Å². The fraction of sp³-hybridized carbons (Fsp3) is 0.167. The van der Waals surface area contributed by atoms with Crippen LogP contribution in [-0.2, 0) is 11.8 Å². The van der Waals surface area contributed by atoms with Gasteiger partial charge in [0.2, 0.25) is 5.91 Å². The van der Waals surface area contributed by atoms with Crippen LogP contribution in [0.3, 0.4) is 0 Å². The van der Waals surface area contributed by atoms with Gasteiger partial charge >= 0.3 is 0 Å². The number of carbonyl (C=O) groups excluding carboxylic acids is 2. The van der Waals surface area contributed by atoms with E-state index >= 15 is 0 Å². The first-order valence-corrected chi connectivity index (χ1v) is 8.56. The molecule has 2 heterocycles. The molecule has 0 radical (unpaired) electrons. The summed E-state index contributed by atoms with van der Waals surface area (Å²) in [6, 6.07) is 12.8. The topological polar surface area (TPSA) is 76.0 Å². The number of aromatic nitrogens is 2. The Hall–Kier alpha value is -2.93. The highest BCUT2D eigenvalue weighted by Gasteiger charge is 2.22. The summed E-state index contributed by atoms with van der Waals surface area (Å²) < 4.78 is 1.88. The van der Waals surface area contributed by atoms with E-state index in [4.69, 9.17) is 0 Å². The van der Waals surface area contributed by atoms with Crippen molar-refractivity contribution in [2.24, 2.45) is 7.05 Å². The molecule has 0 aliphatic carbocycles. The number of thiophene rings is 1. The van der Waals surface area contributed by atoms with Crippen molar-refractivity contribution in [1.29, 1.82) is 0 Å². The zero-order valence-corrected chi connectivity index (χ0v) is 14.7. The van der Waals surface area contributed by atoms with Gasteiger partial charge in [0.1, 0.15) is 11.9 Å². The van der Waals surface area contributed by atoms with Gasteiger partial charge in [0.25, 0.3) is 5.91 Å². The third kappa shape index (κ3) is 3.95. The highest BCUT2D eigenvalue weighted by Crippen LogP contribution is 2.25. The monoisotopic (exact) mass is 354 g/mol. The molecular weight excluding hydrogens is 336 g/mol. The largest absolute Gasteiger partial charge is 0.337 e. The van der Waals surface area contributed by atoms with Gasteiger partial charge in [-0.1, -0.05) is 30.3 Å². The smallest absolute Gasteiger partial charge is 0.262 e. The number of hydrogen-bond acceptors (Lipinski definition) is 4. The summed E-state index contributed by atoms with van der Waals surface area (Å²) in [7, 11) is 1.89. The fourth-order valence-electron chi connectivity index (χ4n) is 2.50. The first-order chi connectivity index (χ1) is 12.0. The molecular formula is C18H18N4O2S. The molecule has 0 saturated carbocycles. The lowest BCUT2D eigenvalue weighted by Gasteiger charge is -2.18. The third-order valence-electron chi connectivity index (χ3n) is 3.65. The van der Waals surface area contributed by atoms with Gasteiger partial charge in [-0.05, 0) is 17.7 Å². The minimum absolute atomic E-state index is 0.163. The van der Waals surface area contributed by atoms with Gasteiger partial charge in [0.05, 0.1) is 9.88 Å². The Morgan fingerprint density at radius 2 is 1.92 bits per heavy atom. The van der Waals surface area contributed by atoms with E-state index < -0.39 is 0 Å². The standard InChI is InChI=1S/C18H18N4O2S/c1-12(23)20-15-9-8-14(25-15)18(24)21-16(13-6-4-3-5-7-13)17-19-10-11-22(17)2/h3-11,16H,1-2H3,(H,20,23)(H,21,24). The first kappa shape index (κ1) is 16.9. The summed E-state index contributed by atoms with van der Waals surface area (Å²) >= 11 is 1.24. The van der Waals surface area contributed by atoms with Crippen LogP contribution in [-0.4, -0.2) is 21.4 Å². The van der Waals surface area contributed by atoms with Crippen molar-refractivity contribution in [3.05, 3.63) is 71.1 Å². The quantitative estimate of drug-likeness (QED) is 0.740. The number of anilines is 1. The predicted molar refractivity (Wildman–Crippen MR) is 97.6 cm³/mol. The Bertz CT molecular complexity index is 885. The van der Waals surface area contributed by atoms with Gasteiger partial charge in [-0.3, -0.25) is 9.59 Å². The van der Waals surface area contributed by atoms with Crippen molar-refractivity contribution in [3.8, 4) is 0 Å². The maximum atomic E-state index is 12.7. The van der Waals surface area contributed by atoms with Crippen LogP contribution < -0.4 is 10.6 Å². The average Bonchev–Trinajstić information content (AvgIpc) is 3.22. The van der Waals surface area contributed by atoms with E-state index in [-0.39, 0.29) is 17.9 Å². The Morgan fingerprint density at radius 1 is 1.16 bits per heavy atom. The lowest BCUT2D eigenvalue weighted by atomic mass is 10.1. The van der Waals surface area contributed by atoms with Gasteiger partial charge in [-0.2, -0.15) is 0 Å². The van der Waals surface area contributed by atoms with E-state index in [9.17, 15) is 9.59 Å². The number of aryl methyl sites for hydroxylation is 1. The zero-order valence-electron chi connectivity index (χ0n) is 13.9. The molecule has 0 aliphatic heterocycles. The van der Waals surface area contributed by atoms with Crippen LogP contribution >= 0.6 is 11.3 Å². The molecule has 3 aromatic rings. The van der Waals surface area contributed by atoms with Crippen LogP contribution in [0.25, 0.3) is 0 Å². The second kappa shape index (κ2) is 7.31. The second-order valence-corrected chi connectivity index (χ2v) is 6.64. The number of rotatable bonds is 5. The molecule has 128 valence electrons. The summed E-state index contributed by atoms with van der Waals surface area (Å²) in [5.41, 5.74) is 0.948. The highest BCUT2D eigenvalue weighted by atomic mass is 32.1. The molecule has 1 aromatic carbocycles. The predicted octanol–water partition coefficient (Wildman–Crippen LogP) is 2.96. The van der Waals surface area contributed by atoms with E-state index in [1.54, 1.807) is 18.3 Å². The SMILES string of the molecule is CC(=O)Nc1ccc(C(=O)NC(c2ccccc2)c2nccn2C)s1. The van der Waals surface area contributed by atoms with Gasteiger partial charge in [-0.25, -0.2) is 4.98 Å². The molecule has 1 unspecified atom stereocenters. The average molecular weight is 354 g/mol. The van der Waals surface area contributed by atoms with Crippen molar-refractivity contribution in [3.63, 3.8) is 0 Å². The number of hydrogen-bond donors (Lipinski definition) is 2. The van der Waals surface area contributed by atoms with Crippen molar-refractivity contribution >= 4 is 28.2 Å². The van der Waals surface area contributed by atoms with Gasteiger partial charge in [0, 0.05) is 26.4 Å². The molecule has 0 aliphatic rings. The second-order valence-electron chi connectivity index (χ2n) is 5.56. The van der Waals surface area contributed by atoms with Gasteiger partial charge in [0.15, 0.2) is 0 Å². The lowest BCUT2D eigenvalue weighted by Crippen LogP contribution is -2.30. The minimum Gasteiger partial charge on any atom is -0.337 e. The van der Waals surface area contributed by atoms with E-state index in [0.29, 0.717) is 9.88 Å². The molecule has 1 atom stereocenters. The number of nitrogens with zero attached hydrogens (tertiary/aromatic N) is 2. The van der Waals surface area contributed by atoms with Crippen LogP contribution in [0, 0.1) is 0 Å². The molecule has 0 saturated heterocycles. The Labute approximate surface area is 149 Å². The summed E-state index contributed by atoms with van der Waals surface area (Å²) in [5.74, 6) is 0.376. The van der Waals surface area contributed by atoms with Crippen LogP contribution in [0.4, 0.5) is 5.00 Å². The van der Waals surface area contributed by atoms with Crippen molar-refractivity contribution in [2.75, 3.05) is 5.32 Å². The molecule has 0 bridgehead atoms. The Balaban J connectivity index is 1.85. The number of benzene rings is 1. The molecule has 6 nitrogen and oxygen atoms in total. The van der Waals surface area contributed by atoms with Crippen molar-refractivity contribution in [1.82, 2.24) is 14.9 Å². The first-order valence-electron chi connectivity index (χ1n) is 7.75. The molecule has 0 spiro atoms. The Kier molecular flexibility index (Phi) is 4.95. The van der Waals surface area contributed by atoms with Crippen molar-refractivity contribution < 1.29 is 9.59 Å². The van der Waals surface area contributed by atoms with Crippen LogP contribution in [0.2, 0.25) is 0 Å². The summed E-state index contributed by atoms with van der Waals surface area (Å²) in [5, 5.41) is 6.36. The molecule has 2 N–H and O–H groups in total. The maximum absolute atomic E-state index is 12.7. The van der Waals surface area contributed by atoms with E-state index in [1.807, 2.05) is 48.1 Å². The Morgan fingerprint density at radius 3 is 2.56 bits per heavy atom.